The Morgan fingerprint density at radius 1 is 1.41 bits per heavy atom. The van der Waals surface area contributed by atoms with Gasteiger partial charge in [-0.1, -0.05) is 17.7 Å². The van der Waals surface area contributed by atoms with Crippen molar-refractivity contribution in [3.8, 4) is 0 Å². The summed E-state index contributed by atoms with van der Waals surface area (Å²) in [4.78, 5) is 29.5. The number of aromatic nitrogens is 1. The van der Waals surface area contributed by atoms with Gasteiger partial charge in [0.2, 0.25) is 0 Å². The lowest BCUT2D eigenvalue weighted by molar-refractivity contribution is -0.139. The number of carbonyl (C=O) groups is 2. The molecule has 1 heterocycles. The van der Waals surface area contributed by atoms with Crippen LogP contribution in [0.3, 0.4) is 0 Å². The highest BCUT2D eigenvalue weighted by atomic mass is 35.5. The molecule has 0 N–H and O–H groups in total. The van der Waals surface area contributed by atoms with Gasteiger partial charge in [0, 0.05) is 23.0 Å². The van der Waals surface area contributed by atoms with Gasteiger partial charge in [0.1, 0.15) is 0 Å². The number of amides is 1. The van der Waals surface area contributed by atoms with Gasteiger partial charge in [-0.2, -0.15) is 0 Å². The number of esters is 1. The van der Waals surface area contributed by atoms with Gasteiger partial charge < -0.3 is 4.74 Å². The molecule has 0 radical (unpaired) electrons. The van der Waals surface area contributed by atoms with E-state index in [0.717, 1.165) is 5.56 Å². The number of hydrogen-bond donors (Lipinski definition) is 0. The Kier molecular flexibility index (Phi) is 5.15. The van der Waals surface area contributed by atoms with E-state index >= 15 is 0 Å². The van der Waals surface area contributed by atoms with Crippen LogP contribution in [-0.2, 0) is 16.0 Å². The number of anilines is 1. The van der Waals surface area contributed by atoms with Crippen molar-refractivity contribution in [2.24, 2.45) is 0 Å². The third kappa shape index (κ3) is 3.45. The van der Waals surface area contributed by atoms with Crippen molar-refractivity contribution in [1.82, 2.24) is 4.98 Å². The highest BCUT2D eigenvalue weighted by Gasteiger charge is 2.19. The van der Waals surface area contributed by atoms with E-state index in [1.54, 1.807) is 37.6 Å². The van der Waals surface area contributed by atoms with Gasteiger partial charge in [0.25, 0.3) is 5.91 Å². The fraction of sp³-hybridized carbons (Fsp3) is 0.267. The molecule has 0 saturated carbocycles. The van der Waals surface area contributed by atoms with Crippen molar-refractivity contribution in [1.29, 1.82) is 0 Å². The summed E-state index contributed by atoms with van der Waals surface area (Å²) in [6, 6.07) is 5.20. The summed E-state index contributed by atoms with van der Waals surface area (Å²) in [5, 5.41) is 2.80. The minimum Gasteiger partial charge on any atom is -0.469 e. The first-order valence-corrected chi connectivity index (χ1v) is 7.74. The number of halogens is 1. The lowest BCUT2D eigenvalue weighted by Crippen LogP contribution is -2.27. The summed E-state index contributed by atoms with van der Waals surface area (Å²) in [6.07, 6.45) is 0.0885. The predicted molar refractivity (Wildman–Crippen MR) is 86.8 cm³/mol. The molecule has 0 aliphatic heterocycles. The fourth-order valence-electron chi connectivity index (χ4n) is 1.86. The SMILES string of the molecule is COC(=O)Cc1csc(N(C)C(=O)c2cccc(Cl)c2C)n1. The van der Waals surface area contributed by atoms with Crippen molar-refractivity contribution in [2.75, 3.05) is 19.1 Å². The van der Waals surface area contributed by atoms with E-state index in [1.165, 1.54) is 23.3 Å². The van der Waals surface area contributed by atoms with E-state index in [1.807, 2.05) is 0 Å². The molecular formula is C15H15ClN2O3S. The van der Waals surface area contributed by atoms with Crippen LogP contribution in [0, 0.1) is 6.92 Å². The lowest BCUT2D eigenvalue weighted by atomic mass is 10.1. The molecule has 0 aliphatic rings. The molecule has 0 bridgehead atoms. The smallest absolute Gasteiger partial charge is 0.311 e. The third-order valence-electron chi connectivity index (χ3n) is 3.18. The molecule has 22 heavy (non-hydrogen) atoms. The summed E-state index contributed by atoms with van der Waals surface area (Å²) in [7, 11) is 2.97. The fourth-order valence-corrected chi connectivity index (χ4v) is 2.82. The highest BCUT2D eigenvalue weighted by molar-refractivity contribution is 7.14. The van der Waals surface area contributed by atoms with Crippen LogP contribution < -0.4 is 4.90 Å². The van der Waals surface area contributed by atoms with E-state index in [9.17, 15) is 9.59 Å². The molecule has 0 aliphatic carbocycles. The largest absolute Gasteiger partial charge is 0.469 e. The van der Waals surface area contributed by atoms with Crippen molar-refractivity contribution in [3.63, 3.8) is 0 Å². The second-order valence-electron chi connectivity index (χ2n) is 4.65. The van der Waals surface area contributed by atoms with Crippen LogP contribution in [0.4, 0.5) is 5.13 Å². The monoisotopic (exact) mass is 338 g/mol. The number of rotatable bonds is 4. The molecule has 1 amide bonds. The third-order valence-corrected chi connectivity index (χ3v) is 4.56. The number of carbonyl (C=O) groups excluding carboxylic acids is 2. The van der Waals surface area contributed by atoms with Crippen molar-refractivity contribution < 1.29 is 14.3 Å². The number of methoxy groups -OCH3 is 1. The zero-order valence-corrected chi connectivity index (χ0v) is 14.0. The minimum absolute atomic E-state index is 0.0885. The summed E-state index contributed by atoms with van der Waals surface area (Å²) in [6.45, 7) is 1.80. The lowest BCUT2D eigenvalue weighted by Gasteiger charge is -2.15. The molecule has 1 aromatic carbocycles. The maximum Gasteiger partial charge on any atom is 0.311 e. The molecule has 0 saturated heterocycles. The Morgan fingerprint density at radius 3 is 2.82 bits per heavy atom. The Labute approximate surface area is 137 Å². The van der Waals surface area contributed by atoms with E-state index in [0.29, 0.717) is 21.4 Å². The molecule has 0 atom stereocenters. The predicted octanol–water partition coefficient (Wildman–Crippen LogP) is 3.10. The van der Waals surface area contributed by atoms with Crippen LogP contribution in [0.15, 0.2) is 23.6 Å². The molecule has 0 fully saturated rings. The van der Waals surface area contributed by atoms with Crippen molar-refractivity contribution in [2.45, 2.75) is 13.3 Å². The first-order valence-electron chi connectivity index (χ1n) is 6.48. The molecule has 7 heteroatoms. The van der Waals surface area contributed by atoms with E-state index in [4.69, 9.17) is 11.6 Å². The van der Waals surface area contributed by atoms with E-state index in [2.05, 4.69) is 9.72 Å². The van der Waals surface area contributed by atoms with Crippen LogP contribution in [0.2, 0.25) is 5.02 Å². The average molecular weight is 339 g/mol. The summed E-state index contributed by atoms with van der Waals surface area (Å²) >= 11 is 7.35. The number of ether oxygens (including phenoxy) is 1. The molecule has 2 aromatic rings. The number of hydrogen-bond acceptors (Lipinski definition) is 5. The van der Waals surface area contributed by atoms with Crippen molar-refractivity contribution in [3.05, 3.63) is 45.4 Å². The van der Waals surface area contributed by atoms with Crippen LogP contribution in [0.1, 0.15) is 21.6 Å². The highest BCUT2D eigenvalue weighted by Crippen LogP contribution is 2.24. The standard InChI is InChI=1S/C15H15ClN2O3S/c1-9-11(5-4-6-12(9)16)14(20)18(2)15-17-10(8-22-15)7-13(19)21-3/h4-6,8H,7H2,1-3H3. The van der Waals surface area contributed by atoms with Crippen LogP contribution in [0.25, 0.3) is 0 Å². The molecule has 1 aromatic heterocycles. The number of benzene rings is 1. The Hall–Kier alpha value is -1.92. The van der Waals surface area contributed by atoms with Crippen LogP contribution >= 0.6 is 22.9 Å². The maximum absolute atomic E-state index is 12.5. The Morgan fingerprint density at radius 2 is 2.14 bits per heavy atom. The van der Waals surface area contributed by atoms with Gasteiger partial charge in [0.05, 0.1) is 19.2 Å². The first-order chi connectivity index (χ1) is 10.4. The number of nitrogens with zero attached hydrogens (tertiary/aromatic N) is 2. The topological polar surface area (TPSA) is 59.5 Å². The Bertz CT molecular complexity index is 715. The zero-order chi connectivity index (χ0) is 16.3. The van der Waals surface area contributed by atoms with Crippen LogP contribution in [0.5, 0.6) is 0 Å². The van der Waals surface area contributed by atoms with Gasteiger partial charge in [-0.3, -0.25) is 14.5 Å². The summed E-state index contributed by atoms with van der Waals surface area (Å²) < 4.78 is 4.60. The molecule has 0 unspecified atom stereocenters. The average Bonchev–Trinajstić information content (AvgIpc) is 2.96. The van der Waals surface area contributed by atoms with Gasteiger partial charge in [-0.15, -0.1) is 11.3 Å². The van der Waals surface area contributed by atoms with Gasteiger partial charge in [-0.25, -0.2) is 4.98 Å². The molecule has 0 spiro atoms. The molecular weight excluding hydrogens is 324 g/mol. The van der Waals surface area contributed by atoms with E-state index in [-0.39, 0.29) is 18.3 Å². The van der Waals surface area contributed by atoms with E-state index < -0.39 is 0 Å². The van der Waals surface area contributed by atoms with Gasteiger partial charge in [0.15, 0.2) is 5.13 Å². The Balaban J connectivity index is 2.21. The normalized spacial score (nSPS) is 10.4. The molecule has 2 rings (SSSR count). The second kappa shape index (κ2) is 6.89. The minimum atomic E-state index is -0.364. The summed E-state index contributed by atoms with van der Waals surface area (Å²) in [5.41, 5.74) is 1.83. The first kappa shape index (κ1) is 16.5. The zero-order valence-electron chi connectivity index (χ0n) is 12.4. The van der Waals surface area contributed by atoms with Gasteiger partial charge in [-0.05, 0) is 24.6 Å². The molecule has 5 nitrogen and oxygen atoms in total. The quantitative estimate of drug-likeness (QED) is 0.804. The molecule has 116 valence electrons. The number of thiazole rings is 1. The van der Waals surface area contributed by atoms with Crippen molar-refractivity contribution >= 4 is 39.9 Å². The van der Waals surface area contributed by atoms with Crippen LogP contribution in [-0.4, -0.2) is 31.0 Å². The second-order valence-corrected chi connectivity index (χ2v) is 5.89. The summed E-state index contributed by atoms with van der Waals surface area (Å²) in [5.74, 6) is -0.560. The van der Waals surface area contributed by atoms with Gasteiger partial charge >= 0.3 is 5.97 Å². The maximum atomic E-state index is 12.5.